The predicted molar refractivity (Wildman–Crippen MR) is 58.1 cm³/mol. The highest BCUT2D eigenvalue weighted by molar-refractivity contribution is 7.74. The van der Waals surface area contributed by atoms with E-state index < -0.39 is 22.7 Å². The molecule has 1 aromatic rings. The molecule has 8 heteroatoms. The van der Waals surface area contributed by atoms with Crippen LogP contribution < -0.4 is 0 Å². The summed E-state index contributed by atoms with van der Waals surface area (Å²) < 4.78 is 46.5. The molecule has 0 heterocycles. The van der Waals surface area contributed by atoms with Crippen LogP contribution in [-0.2, 0) is 31.1 Å². The highest BCUT2D eigenvalue weighted by atomic mass is 32.2. The number of hydrogen-bond donors (Lipinski definition) is 2. The van der Waals surface area contributed by atoms with E-state index in [0.717, 1.165) is 6.26 Å². The van der Waals surface area contributed by atoms with E-state index in [1.165, 1.54) is 0 Å². The van der Waals surface area contributed by atoms with Crippen LogP contribution in [0.15, 0.2) is 36.6 Å². The van der Waals surface area contributed by atoms with E-state index in [1.54, 1.807) is 30.3 Å². The maximum atomic E-state index is 10.5. The second kappa shape index (κ2) is 6.38. The molecule has 0 aliphatic carbocycles. The Morgan fingerprint density at radius 2 is 1.75 bits per heavy atom. The molecule has 0 amide bonds. The summed E-state index contributed by atoms with van der Waals surface area (Å²) in [5, 5.41) is 0. The molecule has 1 rings (SSSR count). The van der Waals surface area contributed by atoms with Crippen molar-refractivity contribution in [2.24, 2.45) is 0 Å². The quantitative estimate of drug-likeness (QED) is 0.615. The Balaban J connectivity index is 2.91. The number of rotatable bonds is 5. The third-order valence-corrected chi connectivity index (χ3v) is 2.04. The molecule has 88 valence electrons. The summed E-state index contributed by atoms with van der Waals surface area (Å²) in [6.45, 7) is 0. The van der Waals surface area contributed by atoms with Crippen molar-refractivity contribution >= 4 is 28.5 Å². The van der Waals surface area contributed by atoms with Crippen LogP contribution >= 0.6 is 0 Å². The molecule has 6 nitrogen and oxygen atoms in total. The number of benzene rings is 1. The first-order valence-corrected chi connectivity index (χ1v) is 5.98. The molecular formula is C8H8O6S2. The van der Waals surface area contributed by atoms with Gasteiger partial charge in [0.05, 0.1) is 0 Å². The first kappa shape index (κ1) is 12.8. The van der Waals surface area contributed by atoms with Crippen molar-refractivity contribution in [3.63, 3.8) is 0 Å². The average molecular weight is 264 g/mol. The summed E-state index contributed by atoms with van der Waals surface area (Å²) in [6, 6.07) is 8.25. The maximum Gasteiger partial charge on any atom is 0.357 e. The molecular weight excluding hydrogens is 256 g/mol. The first-order valence-electron chi connectivity index (χ1n) is 3.92. The topological polar surface area (TPSA) is 93.1 Å². The second-order valence-electron chi connectivity index (χ2n) is 2.46. The van der Waals surface area contributed by atoms with Gasteiger partial charge in [0.15, 0.2) is 12.0 Å². The lowest BCUT2D eigenvalue weighted by Crippen LogP contribution is -1.97. The molecule has 1 aromatic carbocycles. The zero-order valence-corrected chi connectivity index (χ0v) is 9.44. The lowest BCUT2D eigenvalue weighted by Gasteiger charge is -2.04. The van der Waals surface area contributed by atoms with E-state index in [2.05, 4.69) is 8.37 Å². The molecule has 16 heavy (non-hydrogen) atoms. The summed E-state index contributed by atoms with van der Waals surface area (Å²) in [6.07, 6.45) is 0.791. The van der Waals surface area contributed by atoms with Crippen LogP contribution in [0, 0.1) is 0 Å². The normalized spacial score (nSPS) is 15.2. The lowest BCUT2D eigenvalue weighted by atomic mass is 10.2. The van der Waals surface area contributed by atoms with Gasteiger partial charge < -0.3 is 8.37 Å². The van der Waals surface area contributed by atoms with Gasteiger partial charge in [-0.05, 0) is 0 Å². The minimum Gasteiger partial charge on any atom is -0.384 e. The van der Waals surface area contributed by atoms with Gasteiger partial charge in [0, 0.05) is 5.56 Å². The molecule has 0 aromatic heterocycles. The van der Waals surface area contributed by atoms with Gasteiger partial charge in [0.25, 0.3) is 0 Å². The first-order chi connectivity index (χ1) is 7.59. The second-order valence-corrected chi connectivity index (χ2v) is 3.69. The molecule has 0 saturated heterocycles. The molecule has 2 N–H and O–H groups in total. The molecule has 0 bridgehead atoms. The smallest absolute Gasteiger partial charge is 0.357 e. The molecule has 0 saturated carbocycles. The van der Waals surface area contributed by atoms with Crippen LogP contribution in [0.2, 0.25) is 0 Å². The van der Waals surface area contributed by atoms with Crippen molar-refractivity contribution in [3.05, 3.63) is 42.2 Å². The van der Waals surface area contributed by atoms with E-state index in [-0.39, 0.29) is 5.76 Å². The van der Waals surface area contributed by atoms with Gasteiger partial charge in [-0.25, -0.2) is 0 Å². The van der Waals surface area contributed by atoms with Gasteiger partial charge >= 0.3 is 22.7 Å². The Morgan fingerprint density at radius 3 is 2.25 bits per heavy atom. The summed E-state index contributed by atoms with van der Waals surface area (Å²) in [5.74, 6) is -0.121. The number of hydrogen-bond acceptors (Lipinski definition) is 4. The maximum absolute atomic E-state index is 10.5. The van der Waals surface area contributed by atoms with E-state index in [0.29, 0.717) is 5.56 Å². The minimum absolute atomic E-state index is 0.121. The van der Waals surface area contributed by atoms with Crippen molar-refractivity contribution in [3.8, 4) is 0 Å². The van der Waals surface area contributed by atoms with Crippen molar-refractivity contribution in [1.82, 2.24) is 0 Å². The van der Waals surface area contributed by atoms with Gasteiger partial charge in [-0.3, -0.25) is 9.11 Å². The fourth-order valence-electron chi connectivity index (χ4n) is 0.900. The summed E-state index contributed by atoms with van der Waals surface area (Å²) in [5.41, 5.74) is 0.440. The molecule has 2 unspecified atom stereocenters. The summed E-state index contributed by atoms with van der Waals surface area (Å²) in [4.78, 5) is 0. The van der Waals surface area contributed by atoms with Crippen molar-refractivity contribution in [1.29, 1.82) is 0 Å². The van der Waals surface area contributed by atoms with Gasteiger partial charge in [-0.15, -0.1) is 0 Å². The highest BCUT2D eigenvalue weighted by Crippen LogP contribution is 2.16. The van der Waals surface area contributed by atoms with Gasteiger partial charge in [0.1, 0.15) is 0 Å². The van der Waals surface area contributed by atoms with Crippen LogP contribution in [-0.4, -0.2) is 17.5 Å². The Hall–Kier alpha value is -1.22. The summed E-state index contributed by atoms with van der Waals surface area (Å²) in [7, 11) is 0. The van der Waals surface area contributed by atoms with E-state index in [4.69, 9.17) is 9.11 Å². The van der Waals surface area contributed by atoms with Gasteiger partial charge in [0.2, 0.25) is 0 Å². The molecule has 0 spiro atoms. The van der Waals surface area contributed by atoms with Crippen molar-refractivity contribution < 1.29 is 25.9 Å². The monoisotopic (exact) mass is 264 g/mol. The van der Waals surface area contributed by atoms with Gasteiger partial charge in [-0.2, -0.15) is 8.42 Å². The van der Waals surface area contributed by atoms with Crippen LogP contribution in [0.3, 0.4) is 0 Å². The Morgan fingerprint density at radius 1 is 1.12 bits per heavy atom. The van der Waals surface area contributed by atoms with Crippen LogP contribution in [0.4, 0.5) is 0 Å². The zero-order valence-electron chi connectivity index (χ0n) is 7.81. The minimum atomic E-state index is -2.54. The lowest BCUT2D eigenvalue weighted by molar-refractivity contribution is 0.397. The predicted octanol–water partition coefficient (Wildman–Crippen LogP) is 1.29. The Bertz CT molecular complexity index is 416. The Kier molecular flexibility index (Phi) is 5.12. The van der Waals surface area contributed by atoms with E-state index >= 15 is 0 Å². The molecule has 2 atom stereocenters. The standard InChI is InChI=1S/C8H8O6S2/c9-15(10)13-6-8(14-16(11)12)7-4-2-1-3-5-7/h1-6H,(H,9,10)(H,11,12)/b8-6-. The van der Waals surface area contributed by atoms with Crippen LogP contribution in [0.5, 0.6) is 0 Å². The zero-order chi connectivity index (χ0) is 12.0. The molecule has 0 radical (unpaired) electrons. The third-order valence-electron chi connectivity index (χ3n) is 1.46. The Labute approximate surface area is 96.9 Å². The van der Waals surface area contributed by atoms with Gasteiger partial charge in [-0.1, -0.05) is 30.3 Å². The van der Waals surface area contributed by atoms with Crippen molar-refractivity contribution in [2.75, 3.05) is 0 Å². The van der Waals surface area contributed by atoms with E-state index in [1.807, 2.05) is 0 Å². The third kappa shape index (κ3) is 4.53. The van der Waals surface area contributed by atoms with Crippen molar-refractivity contribution in [2.45, 2.75) is 0 Å². The fourth-order valence-corrected chi connectivity index (χ4v) is 1.36. The van der Waals surface area contributed by atoms with Crippen LogP contribution in [0.1, 0.15) is 5.56 Å². The average Bonchev–Trinajstić information content (AvgIpc) is 2.25. The molecule has 0 aliphatic heterocycles. The largest absolute Gasteiger partial charge is 0.384 e. The molecule has 0 fully saturated rings. The van der Waals surface area contributed by atoms with Crippen LogP contribution in [0.25, 0.3) is 5.76 Å². The molecule has 0 aliphatic rings. The SMILES string of the molecule is O=S(O)O/C=C(\OS(=O)O)c1ccccc1. The summed E-state index contributed by atoms with van der Waals surface area (Å²) >= 11 is -5.05. The van der Waals surface area contributed by atoms with E-state index in [9.17, 15) is 8.42 Å². The highest BCUT2D eigenvalue weighted by Gasteiger charge is 2.07. The fraction of sp³-hybridized carbons (Fsp3) is 0.